The van der Waals surface area contributed by atoms with Crippen LogP contribution in [0, 0.1) is 5.92 Å². The Kier molecular flexibility index (Phi) is 8.85. The summed E-state index contributed by atoms with van der Waals surface area (Å²) in [4.78, 5) is 23.5. The van der Waals surface area contributed by atoms with Gasteiger partial charge in [-0.3, -0.25) is 9.59 Å². The number of pyridine rings is 1. The molecule has 0 amide bonds. The van der Waals surface area contributed by atoms with Crippen molar-refractivity contribution in [1.29, 1.82) is 0 Å². The minimum atomic E-state index is -0.250. The van der Waals surface area contributed by atoms with Crippen molar-refractivity contribution in [1.82, 2.24) is 9.47 Å². The van der Waals surface area contributed by atoms with Crippen LogP contribution in [0.3, 0.4) is 0 Å². The average molecular weight is 427 g/mol. The number of carboxylic acid groups (broad SMARTS) is 1. The fraction of sp³-hybridized carbons (Fsp3) is 0.520. The van der Waals surface area contributed by atoms with Crippen molar-refractivity contribution in [2.45, 2.75) is 51.2 Å². The molecule has 1 saturated heterocycles. The van der Waals surface area contributed by atoms with Gasteiger partial charge in [-0.25, -0.2) is 0 Å². The lowest BCUT2D eigenvalue weighted by molar-refractivity contribution is -0.122. The number of fused-ring (bicyclic) bond motifs is 4. The van der Waals surface area contributed by atoms with Crippen LogP contribution in [0.15, 0.2) is 53.3 Å². The van der Waals surface area contributed by atoms with E-state index >= 15 is 0 Å². The summed E-state index contributed by atoms with van der Waals surface area (Å²) >= 11 is 0. The van der Waals surface area contributed by atoms with Crippen molar-refractivity contribution in [3.05, 3.63) is 70.1 Å². The lowest BCUT2D eigenvalue weighted by Crippen LogP contribution is -2.49. The summed E-state index contributed by atoms with van der Waals surface area (Å²) in [5, 5.41) is 6.89. The van der Waals surface area contributed by atoms with Crippen LogP contribution in [0.25, 0.3) is 0 Å². The van der Waals surface area contributed by atoms with Gasteiger partial charge in [0.05, 0.1) is 6.61 Å². The molecular weight excluding hydrogens is 392 g/mol. The Labute approximate surface area is 184 Å². The van der Waals surface area contributed by atoms with Crippen molar-refractivity contribution >= 4 is 6.47 Å². The quantitative estimate of drug-likeness (QED) is 0.512. The number of carbonyl (C=O) groups is 1. The predicted octanol–water partition coefficient (Wildman–Crippen LogP) is 3.92. The summed E-state index contributed by atoms with van der Waals surface area (Å²) in [5.74, 6) is 1.09. The SMILES string of the molecule is CCC[C@H]1[C@H]2C[C@H](CN(CCCOCc3ccccc3)C2)c2cccc(=O)n21.O=CO. The highest BCUT2D eigenvalue weighted by atomic mass is 16.5. The molecular formula is C25H34N2O4. The number of ether oxygens (including phenoxy) is 1. The maximum atomic E-state index is 12.6. The first kappa shape index (κ1) is 23.2. The first-order valence-electron chi connectivity index (χ1n) is 11.3. The van der Waals surface area contributed by atoms with Crippen LogP contribution in [0.1, 0.15) is 55.8 Å². The van der Waals surface area contributed by atoms with Crippen molar-refractivity contribution in [2.75, 3.05) is 26.2 Å². The van der Waals surface area contributed by atoms with Crippen molar-refractivity contribution < 1.29 is 14.6 Å². The highest BCUT2D eigenvalue weighted by Gasteiger charge is 2.39. The summed E-state index contributed by atoms with van der Waals surface area (Å²) in [7, 11) is 0. The third kappa shape index (κ3) is 6.05. The zero-order valence-electron chi connectivity index (χ0n) is 18.4. The van der Waals surface area contributed by atoms with Gasteiger partial charge in [0.25, 0.3) is 12.0 Å². The normalized spacial score (nSPS) is 22.2. The van der Waals surface area contributed by atoms with E-state index in [1.165, 1.54) is 17.7 Å². The van der Waals surface area contributed by atoms with Gasteiger partial charge in [-0.05, 0) is 36.8 Å². The first-order valence-corrected chi connectivity index (χ1v) is 11.3. The van der Waals surface area contributed by atoms with Crippen LogP contribution in [0.4, 0.5) is 0 Å². The number of likely N-dealkylation sites (tertiary alicyclic amines) is 1. The van der Waals surface area contributed by atoms with Gasteiger partial charge in [-0.2, -0.15) is 0 Å². The van der Waals surface area contributed by atoms with Crippen LogP contribution in [0.2, 0.25) is 0 Å². The molecule has 1 aromatic carbocycles. The molecule has 3 atom stereocenters. The Balaban J connectivity index is 0.000000858. The molecule has 2 aliphatic heterocycles. The monoisotopic (exact) mass is 426 g/mol. The average Bonchev–Trinajstić information content (AvgIpc) is 2.78. The number of benzene rings is 1. The second kappa shape index (κ2) is 11.8. The topological polar surface area (TPSA) is 71.8 Å². The third-order valence-corrected chi connectivity index (χ3v) is 6.33. The van der Waals surface area contributed by atoms with E-state index in [9.17, 15) is 4.79 Å². The molecule has 6 nitrogen and oxygen atoms in total. The summed E-state index contributed by atoms with van der Waals surface area (Å²) < 4.78 is 7.99. The van der Waals surface area contributed by atoms with Gasteiger partial charge >= 0.3 is 0 Å². The zero-order chi connectivity index (χ0) is 22.1. The van der Waals surface area contributed by atoms with Crippen LogP contribution in [0.5, 0.6) is 0 Å². The van der Waals surface area contributed by atoms with Crippen molar-refractivity contribution in [3.8, 4) is 0 Å². The molecule has 1 aromatic heterocycles. The molecule has 168 valence electrons. The Morgan fingerprint density at radius 2 is 1.90 bits per heavy atom. The number of aromatic nitrogens is 1. The molecule has 0 saturated carbocycles. The van der Waals surface area contributed by atoms with E-state index < -0.39 is 0 Å². The standard InChI is InChI=1S/C24H32N2O2.CH2O2/c1-2-8-22-20-15-21(23-11-6-12-24(27)26(22)23)17-25(16-20)13-7-14-28-18-19-9-4-3-5-10-19;2-1-3/h3-6,9-12,20-22H,2,7-8,13-18H2,1H3;1H,(H,2,3)/t20-,21+,22-;/m0./s1. The minimum Gasteiger partial charge on any atom is -0.483 e. The fourth-order valence-corrected chi connectivity index (χ4v) is 5.14. The molecule has 2 bridgehead atoms. The van der Waals surface area contributed by atoms with Crippen molar-refractivity contribution in [2.24, 2.45) is 5.92 Å². The fourth-order valence-electron chi connectivity index (χ4n) is 5.14. The van der Waals surface area contributed by atoms with Gasteiger partial charge in [0, 0.05) is 50.0 Å². The van der Waals surface area contributed by atoms with Gasteiger partial charge < -0.3 is 19.3 Å². The minimum absolute atomic E-state index is 0.188. The molecule has 3 heterocycles. The molecule has 2 aliphatic rings. The Bertz CT molecular complexity index is 867. The lowest BCUT2D eigenvalue weighted by atomic mass is 9.77. The molecule has 4 rings (SSSR count). The molecule has 6 heteroatoms. The van der Waals surface area contributed by atoms with E-state index in [2.05, 4.69) is 46.7 Å². The number of hydrogen-bond donors (Lipinski definition) is 1. The third-order valence-electron chi connectivity index (χ3n) is 6.33. The summed E-state index contributed by atoms with van der Waals surface area (Å²) in [6.07, 6.45) is 4.52. The van der Waals surface area contributed by atoms with Gasteiger partial charge in [0.2, 0.25) is 0 Å². The Morgan fingerprint density at radius 1 is 1.13 bits per heavy atom. The number of piperidine rings is 1. The summed E-state index contributed by atoms with van der Waals surface area (Å²) in [5.41, 5.74) is 2.68. The van der Waals surface area contributed by atoms with Crippen LogP contribution in [-0.4, -0.2) is 47.3 Å². The molecule has 1 N–H and O–H groups in total. The Hall–Kier alpha value is -2.44. The van der Waals surface area contributed by atoms with Crippen LogP contribution in [-0.2, 0) is 16.1 Å². The molecule has 2 aromatic rings. The maximum absolute atomic E-state index is 12.6. The van der Waals surface area contributed by atoms with Gasteiger partial charge in [0.1, 0.15) is 0 Å². The largest absolute Gasteiger partial charge is 0.483 e. The first-order chi connectivity index (χ1) is 15.2. The summed E-state index contributed by atoms with van der Waals surface area (Å²) in [6, 6.07) is 16.6. The number of hydrogen-bond acceptors (Lipinski definition) is 4. The maximum Gasteiger partial charge on any atom is 0.290 e. The van der Waals surface area contributed by atoms with Gasteiger partial charge in [-0.15, -0.1) is 0 Å². The Morgan fingerprint density at radius 3 is 2.65 bits per heavy atom. The zero-order valence-corrected chi connectivity index (χ0v) is 18.4. The van der Waals surface area contributed by atoms with E-state index in [0.717, 1.165) is 45.5 Å². The number of nitrogens with zero attached hydrogens (tertiary/aromatic N) is 2. The lowest BCUT2D eigenvalue weighted by Gasteiger charge is -2.47. The van der Waals surface area contributed by atoms with Crippen LogP contribution >= 0.6 is 0 Å². The molecule has 0 aliphatic carbocycles. The van der Waals surface area contributed by atoms with Gasteiger partial charge in [0.15, 0.2) is 0 Å². The molecule has 0 spiro atoms. The molecule has 1 fully saturated rings. The van der Waals surface area contributed by atoms with E-state index in [1.54, 1.807) is 6.07 Å². The highest BCUT2D eigenvalue weighted by Crippen LogP contribution is 2.42. The van der Waals surface area contributed by atoms with E-state index in [1.807, 2.05) is 12.1 Å². The van der Waals surface area contributed by atoms with Crippen LogP contribution < -0.4 is 5.56 Å². The van der Waals surface area contributed by atoms with E-state index in [-0.39, 0.29) is 12.0 Å². The van der Waals surface area contributed by atoms with E-state index in [4.69, 9.17) is 14.6 Å². The van der Waals surface area contributed by atoms with Gasteiger partial charge in [-0.1, -0.05) is 49.7 Å². The second-order valence-electron chi connectivity index (χ2n) is 8.46. The molecule has 0 unspecified atom stereocenters. The highest BCUT2D eigenvalue weighted by molar-refractivity contribution is 5.32. The van der Waals surface area contributed by atoms with E-state index in [0.29, 0.717) is 24.5 Å². The second-order valence-corrected chi connectivity index (χ2v) is 8.46. The predicted molar refractivity (Wildman–Crippen MR) is 121 cm³/mol. The number of rotatable bonds is 8. The molecule has 0 radical (unpaired) electrons. The molecule has 31 heavy (non-hydrogen) atoms. The van der Waals surface area contributed by atoms with Crippen molar-refractivity contribution in [3.63, 3.8) is 0 Å². The smallest absolute Gasteiger partial charge is 0.290 e. The summed E-state index contributed by atoms with van der Waals surface area (Å²) in [6.45, 7) is 6.73.